The summed E-state index contributed by atoms with van der Waals surface area (Å²) < 4.78 is 31.1. The van der Waals surface area contributed by atoms with Crippen molar-refractivity contribution in [2.45, 2.75) is 18.7 Å². The Bertz CT molecular complexity index is 1420. The molecule has 1 heterocycles. The van der Waals surface area contributed by atoms with Crippen molar-refractivity contribution in [1.82, 2.24) is 9.78 Å². The second kappa shape index (κ2) is 9.52. The molecule has 4 aromatic rings. The molecule has 1 amide bonds. The van der Waals surface area contributed by atoms with E-state index in [-0.39, 0.29) is 16.6 Å². The molecule has 7 nitrogen and oxygen atoms in total. The van der Waals surface area contributed by atoms with Gasteiger partial charge < -0.3 is 10.1 Å². The molecule has 0 bridgehead atoms. The molecular formula is C26H25N3O4S. The van der Waals surface area contributed by atoms with Crippen molar-refractivity contribution in [1.29, 1.82) is 0 Å². The number of methoxy groups -OCH3 is 1. The summed E-state index contributed by atoms with van der Waals surface area (Å²) in [5.74, 6) is 0.310. The van der Waals surface area contributed by atoms with Crippen molar-refractivity contribution in [2.24, 2.45) is 0 Å². The van der Waals surface area contributed by atoms with E-state index in [0.717, 1.165) is 16.8 Å². The van der Waals surface area contributed by atoms with E-state index in [4.69, 9.17) is 9.84 Å². The molecule has 0 aliphatic carbocycles. The minimum atomic E-state index is -3.31. The Kier molecular flexibility index (Phi) is 6.51. The van der Waals surface area contributed by atoms with E-state index in [9.17, 15) is 13.2 Å². The first-order valence-electron chi connectivity index (χ1n) is 10.8. The van der Waals surface area contributed by atoms with Crippen LogP contribution in [0.2, 0.25) is 0 Å². The SMILES string of the molecule is CCS(=O)(=O)c1ccc(NC(=O)c2cn(-c3ccc(C)cc3)nc2-c2cccc(OC)c2)cc1. The number of aromatic nitrogens is 2. The lowest BCUT2D eigenvalue weighted by Crippen LogP contribution is -2.12. The predicted octanol–water partition coefficient (Wildman–Crippen LogP) is 4.90. The lowest BCUT2D eigenvalue weighted by Gasteiger charge is -2.08. The van der Waals surface area contributed by atoms with Gasteiger partial charge in [-0.05, 0) is 55.5 Å². The average molecular weight is 476 g/mol. The quantitative estimate of drug-likeness (QED) is 0.411. The summed E-state index contributed by atoms with van der Waals surface area (Å²) in [6.07, 6.45) is 1.69. The number of nitrogens with one attached hydrogen (secondary N) is 1. The molecule has 1 N–H and O–H groups in total. The summed E-state index contributed by atoms with van der Waals surface area (Å²) in [5.41, 5.74) is 4.04. The highest BCUT2D eigenvalue weighted by molar-refractivity contribution is 7.91. The zero-order valence-electron chi connectivity index (χ0n) is 19.1. The number of ether oxygens (including phenoxy) is 1. The lowest BCUT2D eigenvalue weighted by atomic mass is 10.1. The highest BCUT2D eigenvalue weighted by Gasteiger charge is 2.20. The molecule has 0 atom stereocenters. The molecule has 0 aliphatic rings. The van der Waals surface area contributed by atoms with Crippen LogP contribution in [0.3, 0.4) is 0 Å². The highest BCUT2D eigenvalue weighted by Crippen LogP contribution is 2.28. The largest absolute Gasteiger partial charge is 0.497 e. The van der Waals surface area contributed by atoms with Gasteiger partial charge in [0.15, 0.2) is 9.84 Å². The topological polar surface area (TPSA) is 90.3 Å². The second-order valence-corrected chi connectivity index (χ2v) is 10.1. The van der Waals surface area contributed by atoms with E-state index in [1.807, 2.05) is 55.5 Å². The summed E-state index contributed by atoms with van der Waals surface area (Å²) in [6, 6.07) is 21.3. The van der Waals surface area contributed by atoms with E-state index in [0.29, 0.717) is 22.7 Å². The summed E-state index contributed by atoms with van der Waals surface area (Å²) >= 11 is 0. The van der Waals surface area contributed by atoms with Crippen molar-refractivity contribution in [3.05, 3.63) is 90.1 Å². The van der Waals surface area contributed by atoms with Gasteiger partial charge in [-0.25, -0.2) is 13.1 Å². The number of sulfone groups is 1. The molecule has 0 spiro atoms. The van der Waals surface area contributed by atoms with Gasteiger partial charge in [-0.15, -0.1) is 0 Å². The second-order valence-electron chi connectivity index (χ2n) is 7.79. The summed E-state index contributed by atoms with van der Waals surface area (Å²) in [7, 11) is -1.73. The number of carbonyl (C=O) groups is 1. The first kappa shape index (κ1) is 23.3. The molecule has 3 aromatic carbocycles. The first-order valence-corrected chi connectivity index (χ1v) is 12.4. The van der Waals surface area contributed by atoms with Gasteiger partial charge in [-0.1, -0.05) is 36.8 Å². The van der Waals surface area contributed by atoms with E-state index >= 15 is 0 Å². The number of amides is 1. The normalized spacial score (nSPS) is 11.3. The maximum atomic E-state index is 13.3. The van der Waals surface area contributed by atoms with Gasteiger partial charge >= 0.3 is 0 Å². The molecule has 0 radical (unpaired) electrons. The van der Waals surface area contributed by atoms with Gasteiger partial charge in [-0.3, -0.25) is 4.79 Å². The summed E-state index contributed by atoms with van der Waals surface area (Å²) in [5, 5.41) is 7.55. The van der Waals surface area contributed by atoms with E-state index in [1.165, 1.54) is 12.1 Å². The molecule has 0 unspecified atom stereocenters. The van der Waals surface area contributed by atoms with Crippen molar-refractivity contribution >= 4 is 21.4 Å². The zero-order valence-corrected chi connectivity index (χ0v) is 20.0. The van der Waals surface area contributed by atoms with Crippen LogP contribution < -0.4 is 10.1 Å². The fraction of sp³-hybridized carbons (Fsp3) is 0.154. The number of aryl methyl sites for hydroxylation is 1. The fourth-order valence-electron chi connectivity index (χ4n) is 3.46. The Morgan fingerprint density at radius 2 is 1.74 bits per heavy atom. The molecule has 0 saturated heterocycles. The van der Waals surface area contributed by atoms with Gasteiger partial charge in [0, 0.05) is 17.4 Å². The summed E-state index contributed by atoms with van der Waals surface area (Å²) in [4.78, 5) is 13.5. The Hall–Kier alpha value is -3.91. The van der Waals surface area contributed by atoms with Crippen LogP contribution in [-0.4, -0.2) is 37.0 Å². The Morgan fingerprint density at radius 1 is 1.03 bits per heavy atom. The summed E-state index contributed by atoms with van der Waals surface area (Å²) in [6.45, 7) is 3.60. The van der Waals surface area contributed by atoms with Gasteiger partial charge in [0.25, 0.3) is 5.91 Å². The van der Waals surface area contributed by atoms with Crippen molar-refractivity contribution in [2.75, 3.05) is 18.2 Å². The maximum absolute atomic E-state index is 13.3. The van der Waals surface area contributed by atoms with Crippen LogP contribution in [0.5, 0.6) is 5.75 Å². The number of carbonyl (C=O) groups excluding carboxylic acids is 1. The van der Waals surface area contributed by atoms with Crippen molar-refractivity contribution < 1.29 is 17.9 Å². The average Bonchev–Trinajstić information content (AvgIpc) is 3.30. The molecule has 0 fully saturated rings. The highest BCUT2D eigenvalue weighted by atomic mass is 32.2. The first-order chi connectivity index (χ1) is 16.3. The monoisotopic (exact) mass is 475 g/mol. The lowest BCUT2D eigenvalue weighted by molar-refractivity contribution is 0.102. The number of nitrogens with zero attached hydrogens (tertiary/aromatic N) is 2. The Labute approximate surface area is 198 Å². The Balaban J connectivity index is 1.71. The van der Waals surface area contributed by atoms with Gasteiger partial charge in [0.05, 0.1) is 29.0 Å². The molecule has 1 aromatic heterocycles. The third-order valence-corrected chi connectivity index (χ3v) is 7.20. The molecule has 0 saturated carbocycles. The van der Waals surface area contributed by atoms with Crippen molar-refractivity contribution in [3.8, 4) is 22.7 Å². The van der Waals surface area contributed by atoms with Crippen LogP contribution in [0.4, 0.5) is 5.69 Å². The van der Waals surface area contributed by atoms with Crippen LogP contribution in [0.1, 0.15) is 22.8 Å². The minimum Gasteiger partial charge on any atom is -0.497 e. The van der Waals surface area contributed by atoms with Crippen LogP contribution in [0, 0.1) is 6.92 Å². The fourth-order valence-corrected chi connectivity index (χ4v) is 4.35. The van der Waals surface area contributed by atoms with Crippen molar-refractivity contribution in [3.63, 3.8) is 0 Å². The number of rotatable bonds is 7. The van der Waals surface area contributed by atoms with Crippen LogP contribution in [0.15, 0.2) is 83.9 Å². The molecule has 34 heavy (non-hydrogen) atoms. The smallest absolute Gasteiger partial charge is 0.259 e. The molecule has 8 heteroatoms. The number of benzene rings is 3. The van der Waals surface area contributed by atoms with Gasteiger partial charge in [0.1, 0.15) is 11.4 Å². The standard InChI is InChI=1S/C26H25N3O4S/c1-4-34(31,32)23-14-10-20(11-15-23)27-26(30)24-17-29(21-12-8-18(2)9-13-21)28-25(24)19-6-5-7-22(16-19)33-3/h5-17H,4H2,1-3H3,(H,27,30). The maximum Gasteiger partial charge on any atom is 0.259 e. The van der Waals surface area contributed by atoms with Gasteiger partial charge in [-0.2, -0.15) is 5.10 Å². The van der Waals surface area contributed by atoms with Crippen LogP contribution >= 0.6 is 0 Å². The van der Waals surface area contributed by atoms with Crippen LogP contribution in [-0.2, 0) is 9.84 Å². The van der Waals surface area contributed by atoms with Crippen LogP contribution in [0.25, 0.3) is 16.9 Å². The predicted molar refractivity (Wildman–Crippen MR) is 132 cm³/mol. The molecule has 174 valence electrons. The third-order valence-electron chi connectivity index (χ3n) is 5.45. The number of hydrogen-bond acceptors (Lipinski definition) is 5. The van der Waals surface area contributed by atoms with E-state index < -0.39 is 9.84 Å². The Morgan fingerprint density at radius 3 is 2.38 bits per heavy atom. The molecule has 4 rings (SSSR count). The number of anilines is 1. The minimum absolute atomic E-state index is 0.0147. The molecular weight excluding hydrogens is 450 g/mol. The van der Waals surface area contributed by atoms with E-state index in [1.54, 1.807) is 37.0 Å². The molecule has 0 aliphatic heterocycles. The number of hydrogen-bond donors (Lipinski definition) is 1. The van der Waals surface area contributed by atoms with E-state index in [2.05, 4.69) is 5.32 Å². The van der Waals surface area contributed by atoms with Gasteiger partial charge in [0.2, 0.25) is 0 Å². The zero-order chi connectivity index (χ0) is 24.3. The third kappa shape index (κ3) is 4.87.